The van der Waals surface area contributed by atoms with E-state index in [1.807, 2.05) is 0 Å². The molecule has 0 spiro atoms. The first-order valence-corrected chi connectivity index (χ1v) is 7.94. The average Bonchev–Trinajstić information content (AvgIpc) is 2.59. The minimum Gasteiger partial charge on any atom is -0.481 e. The van der Waals surface area contributed by atoms with Crippen molar-refractivity contribution in [3.63, 3.8) is 0 Å². The molecule has 0 bridgehead atoms. The van der Waals surface area contributed by atoms with Gasteiger partial charge in [0.05, 0.1) is 12.8 Å². The van der Waals surface area contributed by atoms with E-state index in [2.05, 4.69) is 0 Å². The Morgan fingerprint density at radius 3 is 1.31 bits per heavy atom. The van der Waals surface area contributed by atoms with Crippen LogP contribution in [0, 0.1) is 0 Å². The van der Waals surface area contributed by atoms with Crippen LogP contribution in [0.25, 0.3) is 12.2 Å². The van der Waals surface area contributed by atoms with E-state index in [0.717, 1.165) is 11.1 Å². The first-order chi connectivity index (χ1) is 12.4. The zero-order valence-electron chi connectivity index (χ0n) is 14.0. The van der Waals surface area contributed by atoms with Gasteiger partial charge in [-0.25, -0.2) is 0 Å². The average molecular weight is 350 g/mol. The second-order valence-corrected chi connectivity index (χ2v) is 5.69. The van der Waals surface area contributed by atoms with Gasteiger partial charge in [-0.05, 0) is 34.4 Å². The molecule has 2 N–H and O–H groups in total. The first-order valence-electron chi connectivity index (χ1n) is 7.94. The summed E-state index contributed by atoms with van der Waals surface area (Å²) in [6.45, 7) is 0. The highest BCUT2D eigenvalue weighted by Gasteiger charge is 2.00. The Morgan fingerprint density at radius 1 is 0.654 bits per heavy atom. The van der Waals surface area contributed by atoms with Gasteiger partial charge in [-0.3, -0.25) is 14.4 Å². The highest BCUT2D eigenvalue weighted by molar-refractivity contribution is 6.04. The van der Waals surface area contributed by atoms with Crippen molar-refractivity contribution in [2.75, 3.05) is 0 Å². The lowest BCUT2D eigenvalue weighted by Gasteiger charge is -1.98. The van der Waals surface area contributed by atoms with E-state index in [0.29, 0.717) is 11.1 Å². The molecule has 5 heteroatoms. The molecule has 26 heavy (non-hydrogen) atoms. The third-order valence-corrected chi connectivity index (χ3v) is 3.55. The van der Waals surface area contributed by atoms with E-state index < -0.39 is 11.9 Å². The molecule has 132 valence electrons. The molecule has 0 aliphatic carbocycles. The van der Waals surface area contributed by atoms with Crippen molar-refractivity contribution in [1.82, 2.24) is 0 Å². The van der Waals surface area contributed by atoms with Crippen LogP contribution in [0.2, 0.25) is 0 Å². The highest BCUT2D eigenvalue weighted by Crippen LogP contribution is 2.09. The number of carboxylic acid groups (broad SMARTS) is 2. The van der Waals surface area contributed by atoms with Gasteiger partial charge in [0.1, 0.15) is 0 Å². The Hall–Kier alpha value is -3.47. The third kappa shape index (κ3) is 6.57. The molecule has 0 heterocycles. The molecule has 0 aliphatic rings. The fourth-order valence-corrected chi connectivity index (χ4v) is 2.25. The molecule has 0 saturated carbocycles. The third-order valence-electron chi connectivity index (χ3n) is 3.55. The maximum atomic E-state index is 11.9. The molecule has 0 saturated heterocycles. The van der Waals surface area contributed by atoms with Crippen molar-refractivity contribution >= 4 is 29.9 Å². The Kier molecular flexibility index (Phi) is 6.62. The minimum absolute atomic E-state index is 0.0308. The first kappa shape index (κ1) is 18.9. The van der Waals surface area contributed by atoms with Gasteiger partial charge in [-0.15, -0.1) is 0 Å². The van der Waals surface area contributed by atoms with Crippen LogP contribution in [0.4, 0.5) is 0 Å². The molecule has 0 fully saturated rings. The van der Waals surface area contributed by atoms with Crippen LogP contribution in [0.1, 0.15) is 22.3 Å². The van der Waals surface area contributed by atoms with Crippen LogP contribution in [0.3, 0.4) is 0 Å². The molecule has 5 nitrogen and oxygen atoms in total. The highest BCUT2D eigenvalue weighted by atomic mass is 16.4. The van der Waals surface area contributed by atoms with Crippen molar-refractivity contribution in [2.45, 2.75) is 12.8 Å². The van der Waals surface area contributed by atoms with Gasteiger partial charge in [0.2, 0.25) is 0 Å². The van der Waals surface area contributed by atoms with Crippen molar-refractivity contribution in [3.05, 3.63) is 82.9 Å². The maximum Gasteiger partial charge on any atom is 0.307 e. The Bertz CT molecular complexity index is 771. The zero-order chi connectivity index (χ0) is 18.9. The molecule has 0 radical (unpaired) electrons. The van der Waals surface area contributed by atoms with Crippen LogP contribution in [-0.4, -0.2) is 27.9 Å². The molecule has 0 atom stereocenters. The summed E-state index contributed by atoms with van der Waals surface area (Å²) in [5.74, 6) is -1.96. The van der Waals surface area contributed by atoms with E-state index >= 15 is 0 Å². The topological polar surface area (TPSA) is 91.7 Å². The number of ketones is 1. The normalized spacial score (nSPS) is 11.1. The number of aliphatic carboxylic acids is 2. The number of rotatable bonds is 8. The van der Waals surface area contributed by atoms with Gasteiger partial charge < -0.3 is 10.2 Å². The summed E-state index contributed by atoms with van der Waals surface area (Å²) in [6.07, 6.45) is 6.12. The summed E-state index contributed by atoms with van der Waals surface area (Å²) in [5.41, 5.74) is 3.01. The van der Waals surface area contributed by atoms with Crippen LogP contribution in [-0.2, 0) is 27.2 Å². The summed E-state index contributed by atoms with van der Waals surface area (Å²) < 4.78 is 0. The Labute approximate surface area is 150 Å². The number of carbonyl (C=O) groups excluding carboxylic acids is 1. The van der Waals surface area contributed by atoms with Gasteiger partial charge in [-0.2, -0.15) is 0 Å². The number of hydrogen-bond donors (Lipinski definition) is 2. The van der Waals surface area contributed by atoms with Crippen LogP contribution < -0.4 is 0 Å². The number of benzene rings is 2. The summed E-state index contributed by atoms with van der Waals surface area (Å²) in [4.78, 5) is 33.1. The SMILES string of the molecule is O=C(C=Cc1ccc(CC(=O)O)cc1)C=Cc1ccc(CC(=O)O)cc1. The van der Waals surface area contributed by atoms with E-state index in [1.54, 1.807) is 60.7 Å². The molecule has 0 aliphatic heterocycles. The lowest BCUT2D eigenvalue weighted by atomic mass is 10.1. The summed E-state index contributed by atoms with van der Waals surface area (Å²) in [7, 11) is 0. The minimum atomic E-state index is -0.885. The number of carbonyl (C=O) groups is 3. The van der Waals surface area contributed by atoms with Crippen molar-refractivity contribution in [3.8, 4) is 0 Å². The lowest BCUT2D eigenvalue weighted by Crippen LogP contribution is -1.99. The molecule has 0 aromatic heterocycles. The van der Waals surface area contributed by atoms with Crippen molar-refractivity contribution < 1.29 is 24.6 Å². The molecule has 0 amide bonds. The largest absolute Gasteiger partial charge is 0.481 e. The molecule has 2 rings (SSSR count). The van der Waals surface area contributed by atoms with Crippen LogP contribution >= 0.6 is 0 Å². The summed E-state index contributed by atoms with van der Waals surface area (Å²) >= 11 is 0. The number of allylic oxidation sites excluding steroid dienone is 2. The standard InChI is InChI=1S/C21H18O5/c22-19(11-9-15-1-5-17(6-2-15)13-20(23)24)12-10-16-3-7-18(8-4-16)14-21(25)26/h1-12H,13-14H2,(H,23,24)(H,25,26). The monoisotopic (exact) mass is 350 g/mol. The van der Waals surface area contributed by atoms with E-state index in [-0.39, 0.29) is 18.6 Å². The lowest BCUT2D eigenvalue weighted by molar-refractivity contribution is -0.137. The second-order valence-electron chi connectivity index (χ2n) is 5.69. The van der Waals surface area contributed by atoms with E-state index in [9.17, 15) is 14.4 Å². The second kappa shape index (κ2) is 9.13. The number of carboxylic acids is 2. The summed E-state index contributed by atoms with van der Waals surface area (Å²) in [5, 5.41) is 17.5. The zero-order valence-corrected chi connectivity index (χ0v) is 14.0. The van der Waals surface area contributed by atoms with Crippen molar-refractivity contribution in [2.24, 2.45) is 0 Å². The molecule has 2 aromatic carbocycles. The predicted molar refractivity (Wildman–Crippen MR) is 98.6 cm³/mol. The van der Waals surface area contributed by atoms with Gasteiger partial charge in [0.15, 0.2) is 5.78 Å². The molecule has 2 aromatic rings. The fraction of sp³-hybridized carbons (Fsp3) is 0.0952. The van der Waals surface area contributed by atoms with Gasteiger partial charge in [-0.1, -0.05) is 60.7 Å². The molecular weight excluding hydrogens is 332 g/mol. The number of hydrogen-bond acceptors (Lipinski definition) is 3. The van der Waals surface area contributed by atoms with Gasteiger partial charge >= 0.3 is 11.9 Å². The predicted octanol–water partition coefficient (Wildman–Crippen LogP) is 3.24. The summed E-state index contributed by atoms with van der Waals surface area (Å²) in [6, 6.07) is 13.9. The smallest absolute Gasteiger partial charge is 0.307 e. The van der Waals surface area contributed by atoms with Crippen molar-refractivity contribution in [1.29, 1.82) is 0 Å². The maximum absolute atomic E-state index is 11.9. The van der Waals surface area contributed by atoms with Gasteiger partial charge in [0, 0.05) is 0 Å². The van der Waals surface area contributed by atoms with E-state index in [4.69, 9.17) is 10.2 Å². The Morgan fingerprint density at radius 2 is 1.00 bits per heavy atom. The fourth-order valence-electron chi connectivity index (χ4n) is 2.25. The quantitative estimate of drug-likeness (QED) is 0.713. The molecule has 0 unspecified atom stereocenters. The van der Waals surface area contributed by atoms with E-state index in [1.165, 1.54) is 12.2 Å². The Balaban J connectivity index is 1.92. The van der Waals surface area contributed by atoms with Crippen LogP contribution in [0.15, 0.2) is 60.7 Å². The van der Waals surface area contributed by atoms with Crippen LogP contribution in [0.5, 0.6) is 0 Å². The van der Waals surface area contributed by atoms with Gasteiger partial charge in [0.25, 0.3) is 0 Å². The molecular formula is C21H18O5.